The molecule has 9 heteroatoms. The first kappa shape index (κ1) is 30.2. The first-order valence-electron chi connectivity index (χ1n) is 16.5. The number of hydrogen-bond acceptors (Lipinski definition) is 5. The van der Waals surface area contributed by atoms with Crippen LogP contribution in [0, 0.1) is 46.7 Å². The second kappa shape index (κ2) is 12.3. The van der Waals surface area contributed by atoms with Gasteiger partial charge in [0.05, 0.1) is 30.1 Å². The summed E-state index contributed by atoms with van der Waals surface area (Å²) >= 11 is 0. The van der Waals surface area contributed by atoms with Crippen molar-refractivity contribution >= 4 is 17.8 Å². The summed E-state index contributed by atoms with van der Waals surface area (Å²) in [5.74, 6) is 0.612. The molecule has 236 valence electrons. The Balaban J connectivity index is 1.12. The summed E-state index contributed by atoms with van der Waals surface area (Å²) in [6.45, 7) is 2.46. The van der Waals surface area contributed by atoms with Gasteiger partial charge < -0.3 is 25.2 Å². The van der Waals surface area contributed by atoms with Crippen LogP contribution in [0.5, 0.6) is 11.5 Å². The maximum absolute atomic E-state index is 15.0. The molecule has 1 aromatic carbocycles. The molecule has 0 saturated heterocycles. The number of fused-ring (bicyclic) bond motifs is 2. The number of aliphatic carboxylic acids is 1. The molecule has 5 aliphatic carbocycles. The van der Waals surface area contributed by atoms with Crippen LogP contribution in [0.1, 0.15) is 101 Å². The van der Waals surface area contributed by atoms with Gasteiger partial charge in [0.25, 0.3) is 5.91 Å². The van der Waals surface area contributed by atoms with E-state index >= 15 is 4.39 Å². The van der Waals surface area contributed by atoms with Crippen LogP contribution in [-0.4, -0.2) is 48.7 Å². The zero-order valence-corrected chi connectivity index (χ0v) is 25.5. The van der Waals surface area contributed by atoms with Gasteiger partial charge in [-0.05, 0) is 107 Å². The molecule has 5 atom stereocenters. The van der Waals surface area contributed by atoms with Gasteiger partial charge in [-0.1, -0.05) is 19.3 Å². The van der Waals surface area contributed by atoms with Gasteiger partial charge in [-0.15, -0.1) is 0 Å². The average molecular weight is 599 g/mol. The van der Waals surface area contributed by atoms with Gasteiger partial charge in [0.2, 0.25) is 5.91 Å². The predicted octanol–water partition coefficient (Wildman–Crippen LogP) is 5.72. The second-order valence-corrected chi connectivity index (χ2v) is 14.4. The first-order chi connectivity index (χ1) is 20.6. The lowest BCUT2D eigenvalue weighted by Gasteiger charge is -2.34. The molecule has 43 heavy (non-hydrogen) atoms. The molecule has 0 spiro atoms. The van der Waals surface area contributed by atoms with E-state index in [2.05, 4.69) is 10.6 Å². The fourth-order valence-electron chi connectivity index (χ4n) is 8.33. The molecule has 5 aliphatic rings. The lowest BCUT2D eigenvalue weighted by atomic mass is 9.75. The highest BCUT2D eigenvalue weighted by Crippen LogP contribution is 2.49. The van der Waals surface area contributed by atoms with E-state index in [-0.39, 0.29) is 52.9 Å². The third-order valence-corrected chi connectivity index (χ3v) is 11.5. The summed E-state index contributed by atoms with van der Waals surface area (Å²) < 4.78 is 26.4. The highest BCUT2D eigenvalue weighted by Gasteiger charge is 2.51. The van der Waals surface area contributed by atoms with Crippen molar-refractivity contribution in [2.24, 2.45) is 40.9 Å². The molecule has 0 heterocycles. The maximum atomic E-state index is 15.0. The minimum absolute atomic E-state index is 0.0466. The molecular formula is C34H47FN2O6. The van der Waals surface area contributed by atoms with Gasteiger partial charge in [-0.2, -0.15) is 0 Å². The smallest absolute Gasteiger partial charge is 0.309 e. The van der Waals surface area contributed by atoms with Crippen molar-refractivity contribution in [3.8, 4) is 11.5 Å². The van der Waals surface area contributed by atoms with Crippen LogP contribution in [0.2, 0.25) is 0 Å². The van der Waals surface area contributed by atoms with Gasteiger partial charge in [0.1, 0.15) is 5.75 Å². The minimum Gasteiger partial charge on any atom is -0.496 e. The molecule has 8 nitrogen and oxygen atoms in total. The highest BCUT2D eigenvalue weighted by atomic mass is 19.1. The zero-order chi connectivity index (χ0) is 30.3. The summed E-state index contributed by atoms with van der Waals surface area (Å²) in [6.07, 6.45) is 12.2. The Morgan fingerprint density at radius 1 is 1.02 bits per heavy atom. The number of benzene rings is 1. The number of nitrogens with one attached hydrogen (secondary N) is 2. The molecule has 3 N–H and O–H groups in total. The molecule has 2 bridgehead atoms. The fourth-order valence-corrected chi connectivity index (χ4v) is 8.33. The standard InChI is InChI=1S/C34H47FN2O6/c1-34(33(40)41)12-10-24(11-13-34)43-28-16-25(27(42-2)17-26(28)35)31(38)37-30-22-9-8-21(15-22)29(30)32(39)36-18-23(20-6-7-20)14-19-4-3-5-19/h16-17,19-24,29-30H,3-15,18H2,1-2H3,(H,36,39)(H,37,38)(H,40,41)/t21-,22+,23?,24?,29+,30-,34?/m1/s1. The molecule has 0 aliphatic heterocycles. The van der Waals surface area contributed by atoms with Gasteiger partial charge in [-0.3, -0.25) is 14.4 Å². The van der Waals surface area contributed by atoms with Gasteiger partial charge in [0, 0.05) is 18.7 Å². The number of rotatable bonds is 12. The van der Waals surface area contributed by atoms with E-state index in [1.54, 1.807) is 6.92 Å². The monoisotopic (exact) mass is 598 g/mol. The summed E-state index contributed by atoms with van der Waals surface area (Å²) in [7, 11) is 1.40. The Morgan fingerprint density at radius 2 is 1.74 bits per heavy atom. The number of carbonyl (C=O) groups is 3. The van der Waals surface area contributed by atoms with Crippen molar-refractivity contribution in [1.29, 1.82) is 0 Å². The van der Waals surface area contributed by atoms with Crippen LogP contribution in [-0.2, 0) is 9.59 Å². The average Bonchev–Trinajstić information content (AvgIpc) is 3.61. The molecule has 0 radical (unpaired) electrons. The van der Waals surface area contributed by atoms with Crippen LogP contribution >= 0.6 is 0 Å². The van der Waals surface area contributed by atoms with Gasteiger partial charge in [-0.25, -0.2) is 4.39 Å². The van der Waals surface area contributed by atoms with Crippen LogP contribution in [0.3, 0.4) is 0 Å². The molecule has 5 fully saturated rings. The third kappa shape index (κ3) is 6.37. The topological polar surface area (TPSA) is 114 Å². The zero-order valence-electron chi connectivity index (χ0n) is 25.5. The van der Waals surface area contributed by atoms with Crippen molar-refractivity contribution in [2.75, 3.05) is 13.7 Å². The summed E-state index contributed by atoms with van der Waals surface area (Å²) in [5.41, 5.74) is -0.635. The molecule has 2 amide bonds. The summed E-state index contributed by atoms with van der Waals surface area (Å²) in [4.78, 5) is 38.9. The fraction of sp³-hybridized carbons (Fsp3) is 0.735. The number of carboxylic acid groups (broad SMARTS) is 1. The number of carboxylic acids is 1. The number of amides is 2. The van der Waals surface area contributed by atoms with E-state index in [1.807, 2.05) is 0 Å². The maximum Gasteiger partial charge on any atom is 0.309 e. The SMILES string of the molecule is COc1cc(F)c(OC2CCC(C)(C(=O)O)CC2)cc1C(=O)N[C@@H]1[C@H]2CC[C@H](C2)[C@@H]1C(=O)NCC(CC1CCC1)C1CC1. The Hall–Kier alpha value is -2.84. The molecule has 1 aromatic rings. The van der Waals surface area contributed by atoms with Crippen molar-refractivity contribution < 1.29 is 33.4 Å². The van der Waals surface area contributed by atoms with Crippen LogP contribution < -0.4 is 20.1 Å². The molecule has 6 rings (SSSR count). The molecule has 0 aromatic heterocycles. The Labute approximate surface area is 253 Å². The van der Waals surface area contributed by atoms with Crippen molar-refractivity contribution in [3.63, 3.8) is 0 Å². The van der Waals surface area contributed by atoms with Crippen molar-refractivity contribution in [2.45, 2.75) is 103 Å². The molecule has 1 unspecified atom stereocenters. The highest BCUT2D eigenvalue weighted by molar-refractivity contribution is 5.98. The van der Waals surface area contributed by atoms with E-state index in [0.717, 1.165) is 37.6 Å². The Bertz CT molecular complexity index is 1220. The van der Waals surface area contributed by atoms with E-state index in [9.17, 15) is 19.5 Å². The second-order valence-electron chi connectivity index (χ2n) is 14.4. The molecule has 5 saturated carbocycles. The van der Waals surface area contributed by atoms with E-state index < -0.39 is 23.1 Å². The minimum atomic E-state index is -0.829. The van der Waals surface area contributed by atoms with Crippen LogP contribution in [0.4, 0.5) is 4.39 Å². The third-order valence-electron chi connectivity index (χ3n) is 11.5. The normalized spacial score (nSPS) is 32.5. The van der Waals surface area contributed by atoms with Crippen molar-refractivity contribution in [1.82, 2.24) is 10.6 Å². The number of carbonyl (C=O) groups excluding carboxylic acids is 2. The Kier molecular flexibility index (Phi) is 8.62. The van der Waals surface area contributed by atoms with E-state index in [1.165, 1.54) is 57.8 Å². The Morgan fingerprint density at radius 3 is 2.37 bits per heavy atom. The van der Waals surface area contributed by atoms with Crippen molar-refractivity contribution in [3.05, 3.63) is 23.5 Å². The number of ether oxygens (including phenoxy) is 2. The first-order valence-corrected chi connectivity index (χ1v) is 16.5. The van der Waals surface area contributed by atoms with Crippen LogP contribution in [0.25, 0.3) is 0 Å². The van der Waals surface area contributed by atoms with Gasteiger partial charge >= 0.3 is 5.97 Å². The summed E-state index contributed by atoms with van der Waals surface area (Å²) in [6, 6.07) is 2.28. The summed E-state index contributed by atoms with van der Waals surface area (Å²) in [5, 5.41) is 16.0. The van der Waals surface area contributed by atoms with E-state index in [4.69, 9.17) is 9.47 Å². The lowest BCUT2D eigenvalue weighted by Crippen LogP contribution is -2.50. The predicted molar refractivity (Wildman–Crippen MR) is 158 cm³/mol. The number of methoxy groups -OCH3 is 1. The van der Waals surface area contributed by atoms with E-state index in [0.29, 0.717) is 31.6 Å². The quantitative estimate of drug-likeness (QED) is 0.284. The lowest BCUT2D eigenvalue weighted by molar-refractivity contribution is -0.150. The number of halogens is 1. The largest absolute Gasteiger partial charge is 0.496 e. The van der Waals surface area contributed by atoms with Gasteiger partial charge in [0.15, 0.2) is 11.6 Å². The number of hydrogen-bond donors (Lipinski definition) is 3. The van der Waals surface area contributed by atoms with Crippen LogP contribution in [0.15, 0.2) is 12.1 Å². The molecular weight excluding hydrogens is 551 g/mol.